The summed E-state index contributed by atoms with van der Waals surface area (Å²) < 4.78 is 10.7. The summed E-state index contributed by atoms with van der Waals surface area (Å²) in [5.41, 5.74) is 0. The van der Waals surface area contributed by atoms with Gasteiger partial charge in [0.25, 0.3) is 0 Å². The number of Topliss-reactive ketones (excluding diaryl/α,β-unsaturated/α-hetero) is 2. The Morgan fingerprint density at radius 2 is 1.33 bits per heavy atom. The number of ether oxygens (including phenoxy) is 2. The number of allylic oxidation sites excluding steroid dienone is 2. The SMILES string of the molecule is COC(OC)C1[C@H]2C=C[C@@H]1[C@@H](C(C)=O)[C@@H]2C(C)=O. The van der Waals surface area contributed by atoms with Crippen molar-refractivity contribution in [3.8, 4) is 0 Å². The summed E-state index contributed by atoms with van der Waals surface area (Å²) in [6.45, 7) is 3.14. The molecular weight excluding hydrogens is 232 g/mol. The van der Waals surface area contributed by atoms with Crippen molar-refractivity contribution in [1.29, 1.82) is 0 Å². The van der Waals surface area contributed by atoms with Crippen LogP contribution in [-0.4, -0.2) is 32.1 Å². The first-order chi connectivity index (χ1) is 8.52. The van der Waals surface area contributed by atoms with Crippen molar-refractivity contribution in [1.82, 2.24) is 0 Å². The summed E-state index contributed by atoms with van der Waals surface area (Å²) in [6, 6.07) is 0. The van der Waals surface area contributed by atoms with E-state index in [9.17, 15) is 9.59 Å². The molecule has 0 heterocycles. The summed E-state index contributed by atoms with van der Waals surface area (Å²) in [5.74, 6) is -0.0583. The van der Waals surface area contributed by atoms with Crippen LogP contribution >= 0.6 is 0 Å². The maximum Gasteiger partial charge on any atom is 0.160 e. The van der Waals surface area contributed by atoms with Gasteiger partial charge in [0.2, 0.25) is 0 Å². The highest BCUT2D eigenvalue weighted by Crippen LogP contribution is 2.54. The van der Waals surface area contributed by atoms with Gasteiger partial charge in [0.1, 0.15) is 11.6 Å². The maximum absolute atomic E-state index is 11.8. The van der Waals surface area contributed by atoms with Crippen molar-refractivity contribution in [3.05, 3.63) is 12.2 Å². The second kappa shape index (κ2) is 4.94. The van der Waals surface area contributed by atoms with E-state index in [2.05, 4.69) is 0 Å². The van der Waals surface area contributed by atoms with E-state index in [1.165, 1.54) is 0 Å². The molecular formula is C14H20O4. The summed E-state index contributed by atoms with van der Waals surface area (Å²) in [6.07, 6.45) is 3.73. The van der Waals surface area contributed by atoms with Gasteiger partial charge >= 0.3 is 0 Å². The molecule has 0 amide bonds. The standard InChI is InChI=1S/C14H20O4/c1-7(15)11-9-5-6-10(12(11)8(2)16)13(9)14(17-3)18-4/h5-6,9-14H,1-4H3/t9-,10+,11-,12-,13?/m1/s1. The third-order valence-electron chi connectivity index (χ3n) is 4.38. The van der Waals surface area contributed by atoms with Crippen molar-refractivity contribution in [3.63, 3.8) is 0 Å². The smallest absolute Gasteiger partial charge is 0.160 e. The quantitative estimate of drug-likeness (QED) is 0.549. The van der Waals surface area contributed by atoms with E-state index in [-0.39, 0.29) is 47.4 Å². The predicted octanol–water partition coefficient (Wildman–Crippen LogP) is 1.45. The average Bonchev–Trinajstić information content (AvgIpc) is 2.86. The fourth-order valence-electron chi connectivity index (χ4n) is 3.79. The van der Waals surface area contributed by atoms with Crippen LogP contribution in [0.1, 0.15) is 13.8 Å². The molecule has 1 fully saturated rings. The van der Waals surface area contributed by atoms with E-state index >= 15 is 0 Å². The van der Waals surface area contributed by atoms with Gasteiger partial charge in [0.05, 0.1) is 0 Å². The van der Waals surface area contributed by atoms with E-state index in [0.29, 0.717) is 0 Å². The molecule has 0 aromatic heterocycles. The third-order valence-corrected chi connectivity index (χ3v) is 4.38. The number of carbonyl (C=O) groups is 2. The van der Waals surface area contributed by atoms with Gasteiger partial charge in [0.15, 0.2) is 6.29 Å². The van der Waals surface area contributed by atoms with Crippen LogP contribution in [0.2, 0.25) is 0 Å². The summed E-state index contributed by atoms with van der Waals surface area (Å²) in [7, 11) is 3.19. The van der Waals surface area contributed by atoms with Crippen LogP contribution in [0, 0.1) is 29.6 Å². The molecule has 0 spiro atoms. The third kappa shape index (κ3) is 1.84. The minimum atomic E-state index is -0.360. The van der Waals surface area contributed by atoms with Crippen LogP contribution < -0.4 is 0 Å². The molecule has 2 aliphatic carbocycles. The number of ketones is 2. The van der Waals surface area contributed by atoms with Gasteiger partial charge < -0.3 is 9.47 Å². The predicted molar refractivity (Wildman–Crippen MR) is 65.8 cm³/mol. The fourth-order valence-corrected chi connectivity index (χ4v) is 3.79. The number of hydrogen-bond donors (Lipinski definition) is 0. The fraction of sp³-hybridized carbons (Fsp3) is 0.714. The monoisotopic (exact) mass is 252 g/mol. The molecule has 0 aromatic carbocycles. The molecule has 0 N–H and O–H groups in total. The molecule has 4 nitrogen and oxygen atoms in total. The number of hydrogen-bond acceptors (Lipinski definition) is 4. The first kappa shape index (κ1) is 13.4. The average molecular weight is 252 g/mol. The van der Waals surface area contributed by atoms with Crippen LogP contribution in [0.4, 0.5) is 0 Å². The lowest BCUT2D eigenvalue weighted by atomic mass is 9.79. The first-order valence-electron chi connectivity index (χ1n) is 6.27. The van der Waals surface area contributed by atoms with Crippen LogP contribution in [0.15, 0.2) is 12.2 Å². The molecule has 0 saturated heterocycles. The zero-order chi connectivity index (χ0) is 13.4. The summed E-state index contributed by atoms with van der Waals surface area (Å²) in [4.78, 5) is 23.7. The Hall–Kier alpha value is -1.00. The molecule has 100 valence electrons. The zero-order valence-corrected chi connectivity index (χ0v) is 11.3. The lowest BCUT2D eigenvalue weighted by Gasteiger charge is -2.25. The molecule has 0 aromatic rings. The van der Waals surface area contributed by atoms with E-state index in [4.69, 9.17) is 9.47 Å². The Bertz CT molecular complexity index is 353. The van der Waals surface area contributed by atoms with Crippen molar-refractivity contribution >= 4 is 11.6 Å². The Morgan fingerprint density at radius 3 is 1.61 bits per heavy atom. The van der Waals surface area contributed by atoms with Gasteiger partial charge in [-0.3, -0.25) is 9.59 Å². The lowest BCUT2D eigenvalue weighted by Crippen LogP contribution is -2.30. The number of carbonyl (C=O) groups excluding carboxylic acids is 2. The maximum atomic E-state index is 11.8. The highest BCUT2D eigenvalue weighted by atomic mass is 16.7. The van der Waals surface area contributed by atoms with E-state index < -0.39 is 0 Å². The molecule has 18 heavy (non-hydrogen) atoms. The van der Waals surface area contributed by atoms with Crippen molar-refractivity contribution in [2.75, 3.05) is 14.2 Å². The van der Waals surface area contributed by atoms with Crippen LogP contribution in [0.3, 0.4) is 0 Å². The summed E-state index contributed by atoms with van der Waals surface area (Å²) in [5, 5.41) is 0. The van der Waals surface area contributed by atoms with Gasteiger partial charge in [-0.05, 0) is 25.7 Å². The molecule has 5 atom stereocenters. The van der Waals surface area contributed by atoms with E-state index in [1.807, 2.05) is 12.2 Å². The van der Waals surface area contributed by atoms with Gasteiger partial charge in [-0.2, -0.15) is 0 Å². The zero-order valence-electron chi connectivity index (χ0n) is 11.3. The Balaban J connectivity index is 2.34. The number of rotatable bonds is 5. The van der Waals surface area contributed by atoms with Crippen molar-refractivity contribution in [2.24, 2.45) is 29.6 Å². The highest BCUT2D eigenvalue weighted by molar-refractivity contribution is 5.89. The van der Waals surface area contributed by atoms with Crippen molar-refractivity contribution in [2.45, 2.75) is 20.1 Å². The van der Waals surface area contributed by atoms with Crippen LogP contribution in [0.25, 0.3) is 0 Å². The normalized spacial score (nSPS) is 37.5. The molecule has 0 radical (unpaired) electrons. The van der Waals surface area contributed by atoms with Gasteiger partial charge in [0, 0.05) is 32.0 Å². The number of fused-ring (bicyclic) bond motifs is 2. The molecule has 2 aliphatic rings. The highest BCUT2D eigenvalue weighted by Gasteiger charge is 2.57. The van der Waals surface area contributed by atoms with E-state index in [0.717, 1.165) is 0 Å². The van der Waals surface area contributed by atoms with Crippen LogP contribution in [0.5, 0.6) is 0 Å². The Kier molecular flexibility index (Phi) is 3.69. The lowest BCUT2D eigenvalue weighted by molar-refractivity contribution is -0.148. The minimum absolute atomic E-state index is 0.0614. The second-order valence-electron chi connectivity index (χ2n) is 5.23. The van der Waals surface area contributed by atoms with E-state index in [1.54, 1.807) is 28.1 Å². The molecule has 2 rings (SSSR count). The minimum Gasteiger partial charge on any atom is -0.356 e. The topological polar surface area (TPSA) is 52.6 Å². The number of methoxy groups -OCH3 is 2. The van der Waals surface area contributed by atoms with Gasteiger partial charge in [-0.1, -0.05) is 12.2 Å². The molecule has 1 unspecified atom stereocenters. The summed E-state index contributed by atoms with van der Waals surface area (Å²) >= 11 is 0. The van der Waals surface area contributed by atoms with Gasteiger partial charge in [-0.15, -0.1) is 0 Å². The molecule has 0 aliphatic heterocycles. The Labute approximate surface area is 107 Å². The Morgan fingerprint density at radius 1 is 0.944 bits per heavy atom. The molecule has 2 bridgehead atoms. The van der Waals surface area contributed by atoms with Crippen LogP contribution in [-0.2, 0) is 19.1 Å². The first-order valence-corrected chi connectivity index (χ1v) is 6.27. The largest absolute Gasteiger partial charge is 0.356 e. The second-order valence-corrected chi connectivity index (χ2v) is 5.23. The molecule has 4 heteroatoms. The molecule has 1 saturated carbocycles. The van der Waals surface area contributed by atoms with Crippen molar-refractivity contribution < 1.29 is 19.1 Å². The van der Waals surface area contributed by atoms with Gasteiger partial charge in [-0.25, -0.2) is 0 Å².